The minimum Gasteiger partial charge on any atom is -0.477 e. The van der Waals surface area contributed by atoms with E-state index < -0.39 is 50.9 Å². The topological polar surface area (TPSA) is 155 Å². The highest BCUT2D eigenvalue weighted by Crippen LogP contribution is 2.47. The minimum absolute atomic E-state index is 0.149. The largest absolute Gasteiger partial charge is 0.477 e. The van der Waals surface area contributed by atoms with Gasteiger partial charge in [0.1, 0.15) is 32.6 Å². The van der Waals surface area contributed by atoms with Crippen LogP contribution >= 0.6 is 23.5 Å². The summed E-state index contributed by atoms with van der Waals surface area (Å²) in [6.45, 7) is 0. The number of alkyl halides is 3. The molecule has 3 atom stereocenters. The molecule has 1 unspecified atom stereocenters. The minimum atomic E-state index is -5.09. The maximum absolute atomic E-state index is 12.8. The molecule has 31 heavy (non-hydrogen) atoms. The molecule has 11 nitrogen and oxygen atoms in total. The van der Waals surface area contributed by atoms with E-state index in [2.05, 4.69) is 20.7 Å². The first kappa shape index (κ1) is 23.6. The maximum atomic E-state index is 12.8. The van der Waals surface area contributed by atoms with Gasteiger partial charge in [-0.15, -0.1) is 16.9 Å². The molecule has 0 aromatic carbocycles. The number of aliphatic carboxylic acids is 1. The summed E-state index contributed by atoms with van der Waals surface area (Å²) in [5, 5.41) is 21.1. The molecule has 1 saturated heterocycles. The van der Waals surface area contributed by atoms with Gasteiger partial charge in [0.05, 0.1) is 6.20 Å². The molecule has 0 radical (unpaired) electrons. The lowest BCUT2D eigenvalue weighted by atomic mass is 9.98. The number of nitrogens with one attached hydrogen (secondary N) is 2. The van der Waals surface area contributed by atoms with Crippen LogP contribution in [-0.2, 0) is 29.9 Å². The molecule has 0 aliphatic carbocycles. The number of thioether (sulfide) groups is 2. The number of carboxylic acids is 1. The van der Waals surface area contributed by atoms with Crippen molar-refractivity contribution in [1.82, 2.24) is 25.6 Å². The Morgan fingerprint density at radius 3 is 2.81 bits per heavy atom. The van der Waals surface area contributed by atoms with Crippen molar-refractivity contribution in [2.24, 2.45) is 0 Å². The highest BCUT2D eigenvalue weighted by atomic mass is 32.2. The number of hydrogen-bond donors (Lipinski definition) is 3. The number of carboxylic acid groups (broad SMARTS) is 1. The van der Waals surface area contributed by atoms with Crippen molar-refractivity contribution in [1.29, 1.82) is 0 Å². The number of hydrogen-bond acceptors (Lipinski definition) is 9. The highest BCUT2D eigenvalue weighted by Gasteiger charge is 2.66. The van der Waals surface area contributed by atoms with Crippen LogP contribution in [0.3, 0.4) is 0 Å². The van der Waals surface area contributed by atoms with Crippen molar-refractivity contribution in [3.63, 3.8) is 0 Å². The molecule has 0 saturated carbocycles. The summed E-state index contributed by atoms with van der Waals surface area (Å²) in [6, 6.07) is 0. The number of β-lactam (4-membered cyclic amide) rings is 1. The number of H-pyrrole nitrogens is 1. The molecule has 1 aromatic heterocycles. The van der Waals surface area contributed by atoms with Crippen LogP contribution in [0.4, 0.5) is 13.2 Å². The van der Waals surface area contributed by atoms with Crippen LogP contribution in [0.15, 0.2) is 22.5 Å². The molecule has 3 rings (SSSR count). The van der Waals surface area contributed by atoms with Gasteiger partial charge in [0, 0.05) is 18.6 Å². The Balaban J connectivity index is 1.78. The zero-order valence-electron chi connectivity index (χ0n) is 15.5. The summed E-state index contributed by atoms with van der Waals surface area (Å²) in [5.41, 5.74) is -7.05. The summed E-state index contributed by atoms with van der Waals surface area (Å²) in [6.07, 6.45) is 1.44. The van der Waals surface area contributed by atoms with Gasteiger partial charge < -0.3 is 15.2 Å². The van der Waals surface area contributed by atoms with Gasteiger partial charge in [-0.1, -0.05) is 11.8 Å². The molecular weight excluding hydrogens is 487 g/mol. The van der Waals surface area contributed by atoms with E-state index in [1.54, 1.807) is 0 Å². The van der Waals surface area contributed by atoms with Crippen molar-refractivity contribution < 1.29 is 41.6 Å². The second kappa shape index (κ2) is 8.79. The van der Waals surface area contributed by atoms with Crippen molar-refractivity contribution >= 4 is 52.1 Å². The number of amides is 2. The summed E-state index contributed by atoms with van der Waals surface area (Å²) in [5.74, 6) is -4.74. The van der Waals surface area contributed by atoms with Crippen LogP contribution in [0.25, 0.3) is 0 Å². The molecular formula is C14H14F3N5O6S3. The van der Waals surface area contributed by atoms with Crippen LogP contribution in [0, 0.1) is 0 Å². The summed E-state index contributed by atoms with van der Waals surface area (Å²) >= 11 is 2.26. The Bertz CT molecular complexity index is 956. The van der Waals surface area contributed by atoms with Gasteiger partial charge in [0.2, 0.25) is 5.91 Å². The number of aromatic nitrogens is 3. The lowest BCUT2D eigenvalue weighted by Gasteiger charge is -2.55. The van der Waals surface area contributed by atoms with Crippen LogP contribution in [0.2, 0.25) is 0 Å². The fraction of sp³-hybridized carbons (Fsp3) is 0.500. The molecule has 2 aliphatic rings. The number of rotatable bonds is 8. The SMILES string of the molecule is CO[C@@]1(NC(=O)CS(=O)C(F)(F)F)C(=O)N2C(C(=O)O)=C(CSc3cn[nH]n3)CS[C@@H]21. The highest BCUT2D eigenvalue weighted by molar-refractivity contribution is 8.01. The molecule has 3 N–H and O–H groups in total. The molecule has 0 spiro atoms. The van der Waals surface area contributed by atoms with Crippen LogP contribution in [0.5, 0.6) is 0 Å². The van der Waals surface area contributed by atoms with E-state index in [1.807, 2.05) is 0 Å². The fourth-order valence-electron chi connectivity index (χ4n) is 2.92. The van der Waals surface area contributed by atoms with E-state index in [1.165, 1.54) is 18.0 Å². The number of ether oxygens (including phenoxy) is 1. The molecule has 170 valence electrons. The zero-order valence-corrected chi connectivity index (χ0v) is 17.9. The fourth-order valence-corrected chi connectivity index (χ4v) is 5.76. The Labute approximate surface area is 183 Å². The van der Waals surface area contributed by atoms with Gasteiger partial charge in [-0.2, -0.15) is 23.5 Å². The standard InChI is InChI=1S/C14H14F3N5O6S3/c1-28-13(19-7(23)5-31(27)14(15,16)17)11(26)22-9(10(24)25)6(4-30-12(13)22)3-29-8-2-18-21-20-8/h2,12H,3-5H2,1H3,(H,19,23)(H,24,25)(H,18,20,21)/t12-,13+,31?/m1/s1. The van der Waals surface area contributed by atoms with E-state index in [4.69, 9.17) is 4.74 Å². The number of nitrogens with zero attached hydrogens (tertiary/aromatic N) is 3. The second-order valence-electron chi connectivity index (χ2n) is 6.12. The van der Waals surface area contributed by atoms with Crippen molar-refractivity contribution in [3.8, 4) is 0 Å². The average Bonchev–Trinajstić information content (AvgIpc) is 3.22. The van der Waals surface area contributed by atoms with Crippen LogP contribution < -0.4 is 5.32 Å². The van der Waals surface area contributed by atoms with E-state index >= 15 is 0 Å². The van der Waals surface area contributed by atoms with E-state index in [0.29, 0.717) is 10.6 Å². The summed E-state index contributed by atoms with van der Waals surface area (Å²) < 4.78 is 53.6. The van der Waals surface area contributed by atoms with E-state index in [9.17, 15) is 36.9 Å². The molecule has 2 amide bonds. The summed E-state index contributed by atoms with van der Waals surface area (Å²) in [4.78, 5) is 37.6. The number of halogens is 3. The molecule has 17 heteroatoms. The predicted molar refractivity (Wildman–Crippen MR) is 102 cm³/mol. The van der Waals surface area contributed by atoms with Crippen molar-refractivity contribution in [2.45, 2.75) is 21.6 Å². The number of aromatic amines is 1. The molecule has 2 aliphatic heterocycles. The molecule has 1 fully saturated rings. The predicted octanol–water partition coefficient (Wildman–Crippen LogP) is -0.122. The zero-order chi connectivity index (χ0) is 23.0. The van der Waals surface area contributed by atoms with Gasteiger partial charge in [0.25, 0.3) is 11.6 Å². The third-order valence-corrected chi connectivity index (χ3v) is 7.67. The smallest absolute Gasteiger partial charge is 0.471 e. The van der Waals surface area contributed by atoms with E-state index in [-0.39, 0.29) is 17.2 Å². The van der Waals surface area contributed by atoms with Gasteiger partial charge in [-0.25, -0.2) is 9.00 Å². The molecule has 3 heterocycles. The average molecular weight is 501 g/mol. The normalized spacial score (nSPS) is 24.5. The first-order valence-electron chi connectivity index (χ1n) is 8.21. The Morgan fingerprint density at radius 1 is 1.55 bits per heavy atom. The Hall–Kier alpha value is -2.11. The lowest BCUT2D eigenvalue weighted by Crippen LogP contribution is -2.81. The monoisotopic (exact) mass is 501 g/mol. The number of carbonyl (C=O) groups excluding carboxylic acids is 2. The molecule has 1 aromatic rings. The van der Waals surface area contributed by atoms with Gasteiger partial charge in [-0.05, 0) is 5.57 Å². The van der Waals surface area contributed by atoms with Crippen molar-refractivity contribution in [2.75, 3.05) is 24.4 Å². The Morgan fingerprint density at radius 2 is 2.26 bits per heavy atom. The maximum Gasteiger partial charge on any atom is 0.471 e. The lowest BCUT2D eigenvalue weighted by molar-refractivity contribution is -0.192. The molecule has 0 bridgehead atoms. The second-order valence-corrected chi connectivity index (χ2v) is 9.62. The van der Waals surface area contributed by atoms with Crippen LogP contribution in [-0.4, -0.2) is 88.4 Å². The quantitative estimate of drug-likeness (QED) is 0.249. The first-order valence-corrected chi connectivity index (χ1v) is 11.6. The summed E-state index contributed by atoms with van der Waals surface area (Å²) in [7, 11) is -2.41. The number of fused-ring (bicyclic) bond motifs is 1. The van der Waals surface area contributed by atoms with Gasteiger partial charge in [-0.3, -0.25) is 14.5 Å². The van der Waals surface area contributed by atoms with Crippen molar-refractivity contribution in [3.05, 3.63) is 17.5 Å². The number of methoxy groups -OCH3 is 1. The van der Waals surface area contributed by atoms with E-state index in [0.717, 1.165) is 23.8 Å². The number of carbonyl (C=O) groups is 3. The van der Waals surface area contributed by atoms with Gasteiger partial charge >= 0.3 is 11.5 Å². The Kier molecular flexibility index (Phi) is 6.68. The van der Waals surface area contributed by atoms with Gasteiger partial charge in [0.15, 0.2) is 0 Å². The first-order chi connectivity index (χ1) is 14.5. The third-order valence-electron chi connectivity index (χ3n) is 4.27. The third kappa shape index (κ3) is 4.44. The van der Waals surface area contributed by atoms with Crippen LogP contribution in [0.1, 0.15) is 0 Å².